The SMILES string of the molecule is Cc1ccc(OCC(=O)N2N=C(C(F)(F)F)C[C@@]2(O)C(F)(F)F)cc1C. The minimum absolute atomic E-state index is 0.135. The van der Waals surface area contributed by atoms with Crippen LogP contribution in [0, 0.1) is 13.8 Å². The van der Waals surface area contributed by atoms with Crippen LogP contribution in [0.3, 0.4) is 0 Å². The molecule has 1 aromatic carbocycles. The number of rotatable bonds is 3. The predicted molar refractivity (Wildman–Crippen MR) is 77.4 cm³/mol. The maximum Gasteiger partial charge on any atom is 0.438 e. The number of halogens is 6. The van der Waals surface area contributed by atoms with Crippen LogP contribution in [0.15, 0.2) is 23.3 Å². The molecule has 1 aromatic rings. The summed E-state index contributed by atoms with van der Waals surface area (Å²) in [5.41, 5.74) is -4.31. The topological polar surface area (TPSA) is 62.1 Å². The third-order valence-electron chi connectivity index (χ3n) is 3.84. The maximum absolute atomic E-state index is 13.1. The summed E-state index contributed by atoms with van der Waals surface area (Å²) in [6.45, 7) is 2.49. The van der Waals surface area contributed by atoms with Gasteiger partial charge >= 0.3 is 12.4 Å². The Kier molecular flexibility index (Phi) is 4.97. The van der Waals surface area contributed by atoms with E-state index in [1.807, 2.05) is 0 Å². The third kappa shape index (κ3) is 3.76. The van der Waals surface area contributed by atoms with Crippen molar-refractivity contribution in [1.29, 1.82) is 0 Å². The van der Waals surface area contributed by atoms with E-state index >= 15 is 0 Å². The molecule has 144 valence electrons. The Morgan fingerprint density at radius 3 is 2.35 bits per heavy atom. The average molecular weight is 384 g/mol. The maximum atomic E-state index is 13.1. The van der Waals surface area contributed by atoms with Crippen LogP contribution in [0.1, 0.15) is 17.5 Å². The number of ether oxygens (including phenoxy) is 1. The molecule has 0 unspecified atom stereocenters. The zero-order valence-electron chi connectivity index (χ0n) is 13.6. The van der Waals surface area contributed by atoms with E-state index in [0.717, 1.165) is 11.1 Å². The Morgan fingerprint density at radius 1 is 1.23 bits per heavy atom. The van der Waals surface area contributed by atoms with Gasteiger partial charge in [-0.3, -0.25) is 4.79 Å². The van der Waals surface area contributed by atoms with Gasteiger partial charge < -0.3 is 9.84 Å². The lowest BCUT2D eigenvalue weighted by atomic mass is 10.1. The molecule has 1 heterocycles. The molecule has 1 aliphatic rings. The first kappa shape index (κ1) is 20.0. The fraction of sp³-hybridized carbons (Fsp3) is 0.467. The molecule has 0 bridgehead atoms. The minimum atomic E-state index is -5.54. The molecular weight excluding hydrogens is 370 g/mol. The first-order chi connectivity index (χ1) is 11.8. The molecule has 0 saturated carbocycles. The van der Waals surface area contributed by atoms with Crippen LogP contribution in [0.2, 0.25) is 0 Å². The zero-order chi connectivity index (χ0) is 19.9. The number of aliphatic hydroxyl groups is 1. The lowest BCUT2D eigenvalue weighted by Crippen LogP contribution is -2.57. The van der Waals surface area contributed by atoms with Crippen molar-refractivity contribution in [3.63, 3.8) is 0 Å². The Morgan fingerprint density at radius 2 is 1.85 bits per heavy atom. The highest BCUT2D eigenvalue weighted by Crippen LogP contribution is 2.43. The second-order valence-electron chi connectivity index (χ2n) is 5.78. The molecule has 2 rings (SSSR count). The van der Waals surface area contributed by atoms with E-state index < -0.39 is 47.7 Å². The van der Waals surface area contributed by atoms with Crippen LogP contribution in [0.5, 0.6) is 5.75 Å². The highest BCUT2D eigenvalue weighted by molar-refractivity contribution is 5.94. The van der Waals surface area contributed by atoms with Gasteiger partial charge in [0.2, 0.25) is 0 Å². The molecule has 1 amide bonds. The zero-order valence-corrected chi connectivity index (χ0v) is 13.6. The highest BCUT2D eigenvalue weighted by atomic mass is 19.4. The molecule has 1 aliphatic heterocycles. The van der Waals surface area contributed by atoms with Crippen LogP contribution in [-0.4, -0.2) is 46.4 Å². The molecule has 5 nitrogen and oxygen atoms in total. The van der Waals surface area contributed by atoms with E-state index in [1.165, 1.54) is 12.1 Å². The first-order valence-corrected chi connectivity index (χ1v) is 7.22. The lowest BCUT2D eigenvalue weighted by molar-refractivity contribution is -0.302. The van der Waals surface area contributed by atoms with E-state index in [0.29, 0.717) is 0 Å². The van der Waals surface area contributed by atoms with Crippen molar-refractivity contribution in [2.24, 2.45) is 5.10 Å². The number of hydrazone groups is 1. The number of nitrogens with zero attached hydrogens (tertiary/aromatic N) is 2. The van der Waals surface area contributed by atoms with Gasteiger partial charge in [-0.1, -0.05) is 6.07 Å². The average Bonchev–Trinajstić information content (AvgIpc) is 2.87. The van der Waals surface area contributed by atoms with Gasteiger partial charge in [0.1, 0.15) is 11.5 Å². The van der Waals surface area contributed by atoms with E-state index in [1.54, 1.807) is 19.9 Å². The second kappa shape index (κ2) is 6.45. The molecule has 1 N–H and O–H groups in total. The minimum Gasteiger partial charge on any atom is -0.484 e. The van der Waals surface area contributed by atoms with Crippen molar-refractivity contribution in [2.75, 3.05) is 6.61 Å². The number of hydrogen-bond donors (Lipinski definition) is 1. The van der Waals surface area contributed by atoms with E-state index in [4.69, 9.17) is 4.74 Å². The molecule has 26 heavy (non-hydrogen) atoms. The van der Waals surface area contributed by atoms with E-state index in [2.05, 4.69) is 5.10 Å². The van der Waals surface area contributed by atoms with Crippen LogP contribution in [0.4, 0.5) is 26.3 Å². The lowest BCUT2D eigenvalue weighted by Gasteiger charge is -2.32. The van der Waals surface area contributed by atoms with Crippen molar-refractivity contribution >= 4 is 11.6 Å². The number of aryl methyl sites for hydroxylation is 2. The van der Waals surface area contributed by atoms with Gasteiger partial charge in [-0.2, -0.15) is 36.5 Å². The number of carbonyl (C=O) groups excluding carboxylic acids is 1. The van der Waals surface area contributed by atoms with Gasteiger partial charge in [0, 0.05) is 0 Å². The monoisotopic (exact) mass is 384 g/mol. The fourth-order valence-electron chi connectivity index (χ4n) is 2.20. The normalized spacial score (nSPS) is 21.0. The summed E-state index contributed by atoms with van der Waals surface area (Å²) in [6.07, 6.45) is -12.7. The predicted octanol–water partition coefficient (Wildman–Crippen LogP) is 3.08. The summed E-state index contributed by atoms with van der Waals surface area (Å²) < 4.78 is 82.2. The molecule has 0 aliphatic carbocycles. The van der Waals surface area contributed by atoms with Crippen LogP contribution < -0.4 is 4.74 Å². The van der Waals surface area contributed by atoms with Crippen LogP contribution in [0.25, 0.3) is 0 Å². The quantitative estimate of drug-likeness (QED) is 0.815. The summed E-state index contributed by atoms with van der Waals surface area (Å²) in [5, 5.41) is 11.7. The highest BCUT2D eigenvalue weighted by Gasteiger charge is 2.66. The summed E-state index contributed by atoms with van der Waals surface area (Å²) in [7, 11) is 0. The summed E-state index contributed by atoms with van der Waals surface area (Å²) in [6, 6.07) is 4.59. The van der Waals surface area contributed by atoms with Gasteiger partial charge in [0.25, 0.3) is 11.6 Å². The second-order valence-corrected chi connectivity index (χ2v) is 5.78. The third-order valence-corrected chi connectivity index (χ3v) is 3.84. The molecule has 1 atom stereocenters. The molecule has 0 saturated heterocycles. The largest absolute Gasteiger partial charge is 0.484 e. The molecule has 0 fully saturated rings. The number of benzene rings is 1. The Hall–Kier alpha value is -2.30. The van der Waals surface area contributed by atoms with Gasteiger partial charge in [-0.15, -0.1) is 0 Å². The van der Waals surface area contributed by atoms with Gasteiger partial charge in [0.15, 0.2) is 6.61 Å². The smallest absolute Gasteiger partial charge is 0.438 e. The Balaban J connectivity index is 2.22. The summed E-state index contributed by atoms with van der Waals surface area (Å²) in [5.74, 6) is -1.43. The van der Waals surface area contributed by atoms with Crippen LogP contribution >= 0.6 is 0 Å². The fourth-order valence-corrected chi connectivity index (χ4v) is 2.20. The number of carbonyl (C=O) groups is 1. The standard InChI is InChI=1S/C15H14F6N2O3/c1-8-3-4-10(5-9(8)2)26-7-12(24)23-13(25,15(19,20)21)6-11(22-23)14(16,17)18/h3-5,25H,6-7H2,1-2H3/t13-/m1/s1. The van der Waals surface area contributed by atoms with Crippen molar-refractivity contribution in [2.45, 2.75) is 38.3 Å². The number of amides is 1. The van der Waals surface area contributed by atoms with Gasteiger partial charge in [0.05, 0.1) is 6.42 Å². The number of alkyl halides is 6. The molecule has 11 heteroatoms. The molecule has 0 radical (unpaired) electrons. The summed E-state index contributed by atoms with van der Waals surface area (Å²) >= 11 is 0. The molecular formula is C15H14F6N2O3. The van der Waals surface area contributed by atoms with Crippen molar-refractivity contribution in [1.82, 2.24) is 5.01 Å². The Labute approximate surface area is 143 Å². The van der Waals surface area contributed by atoms with Crippen LogP contribution in [-0.2, 0) is 4.79 Å². The Bertz CT molecular complexity index is 744. The first-order valence-electron chi connectivity index (χ1n) is 7.22. The van der Waals surface area contributed by atoms with E-state index in [-0.39, 0.29) is 5.75 Å². The molecule has 0 aromatic heterocycles. The van der Waals surface area contributed by atoms with Gasteiger partial charge in [-0.25, -0.2) is 0 Å². The molecule has 0 spiro atoms. The van der Waals surface area contributed by atoms with Crippen molar-refractivity contribution in [3.8, 4) is 5.75 Å². The number of hydrogen-bond acceptors (Lipinski definition) is 4. The van der Waals surface area contributed by atoms with Crippen molar-refractivity contribution < 1.29 is 41.0 Å². The van der Waals surface area contributed by atoms with Crippen molar-refractivity contribution in [3.05, 3.63) is 29.3 Å². The van der Waals surface area contributed by atoms with Gasteiger partial charge in [-0.05, 0) is 37.1 Å². The summed E-state index contributed by atoms with van der Waals surface area (Å²) in [4.78, 5) is 12.0. The van der Waals surface area contributed by atoms with E-state index in [9.17, 15) is 36.2 Å².